The van der Waals surface area contributed by atoms with Crippen LogP contribution < -0.4 is 0 Å². The number of hydrogen-bond acceptors (Lipinski definition) is 1. The topological polar surface area (TPSA) is 20.3 Å². The van der Waals surface area contributed by atoms with Crippen molar-refractivity contribution >= 4 is 8.61 Å². The highest BCUT2D eigenvalue weighted by atomic mass is 31.1. The molecule has 0 saturated carbocycles. The van der Waals surface area contributed by atoms with Gasteiger partial charge in [-0.2, -0.15) is 0 Å². The Bertz CT molecular complexity index is 85.1. The average Bonchev–Trinajstić information content (AvgIpc) is 1.64. The van der Waals surface area contributed by atoms with Crippen LogP contribution in [-0.2, 0) is 4.57 Å². The molecule has 0 aromatic carbocycles. The molecule has 0 aliphatic carbocycles. The normalized spacial score (nSPS) is 12.3. The van der Waals surface area contributed by atoms with E-state index in [1.807, 2.05) is 32.4 Å². The van der Waals surface area contributed by atoms with Crippen LogP contribution in [0.1, 0.15) is 27.7 Å². The fourth-order valence-electron chi connectivity index (χ4n) is 0.807. The number of nitrogens with zero attached hydrogens (tertiary/aromatic N) is 1. The number of hydrogen-bond donors (Lipinski definition) is 0. The van der Waals surface area contributed by atoms with Crippen molar-refractivity contribution in [2.45, 2.75) is 39.8 Å². The highest BCUT2D eigenvalue weighted by Crippen LogP contribution is 2.14. The van der Waals surface area contributed by atoms with Crippen molar-refractivity contribution in [2.24, 2.45) is 0 Å². The molecular formula is C6H15NOP+. The standard InChI is InChI=1S/C6H14NOP/c1-5(2)7(9-8)6(3)4/h5-6H,1-4H3/p+1. The smallest absolute Gasteiger partial charge is 0.0937 e. The van der Waals surface area contributed by atoms with Crippen molar-refractivity contribution in [3.8, 4) is 0 Å². The monoisotopic (exact) mass is 148 g/mol. The highest BCUT2D eigenvalue weighted by molar-refractivity contribution is 7.20. The maximum Gasteiger partial charge on any atom is 0.421 e. The summed E-state index contributed by atoms with van der Waals surface area (Å²) >= 11 is 0. The fraction of sp³-hybridized carbons (Fsp3) is 1.00. The van der Waals surface area contributed by atoms with Gasteiger partial charge in [0.15, 0.2) is 0 Å². The van der Waals surface area contributed by atoms with Crippen LogP contribution in [0.4, 0.5) is 0 Å². The molecule has 0 heterocycles. The van der Waals surface area contributed by atoms with Crippen molar-refractivity contribution < 1.29 is 4.57 Å². The maximum absolute atomic E-state index is 10.5. The lowest BCUT2D eigenvalue weighted by molar-refractivity contribution is 0.317. The first-order valence-electron chi connectivity index (χ1n) is 3.25. The Morgan fingerprint density at radius 2 is 1.44 bits per heavy atom. The number of rotatable bonds is 3. The zero-order valence-corrected chi connectivity index (χ0v) is 7.51. The third-order valence-corrected chi connectivity index (χ3v) is 2.46. The van der Waals surface area contributed by atoms with Gasteiger partial charge in [0.25, 0.3) is 0 Å². The molecule has 3 heteroatoms. The SMILES string of the molecule is CC(C)N([PH+]=O)C(C)C. The molecule has 2 nitrogen and oxygen atoms in total. The highest BCUT2D eigenvalue weighted by Gasteiger charge is 2.18. The van der Waals surface area contributed by atoms with E-state index in [0.717, 1.165) is 0 Å². The van der Waals surface area contributed by atoms with Crippen molar-refractivity contribution in [3.63, 3.8) is 0 Å². The molecule has 0 fully saturated rings. The second-order valence-electron chi connectivity index (χ2n) is 2.69. The largest absolute Gasteiger partial charge is 0.421 e. The molecule has 0 saturated heterocycles. The lowest BCUT2D eigenvalue weighted by atomic mass is 10.3. The molecule has 0 radical (unpaired) electrons. The molecule has 0 spiro atoms. The fourth-order valence-corrected chi connectivity index (χ4v) is 1.23. The van der Waals surface area contributed by atoms with Gasteiger partial charge in [0.1, 0.15) is 0 Å². The van der Waals surface area contributed by atoms with Crippen LogP contribution in [0, 0.1) is 0 Å². The van der Waals surface area contributed by atoms with Crippen LogP contribution in [0.25, 0.3) is 0 Å². The van der Waals surface area contributed by atoms with E-state index in [1.54, 1.807) is 0 Å². The van der Waals surface area contributed by atoms with E-state index in [-0.39, 0.29) is 8.61 Å². The molecular weight excluding hydrogens is 133 g/mol. The van der Waals surface area contributed by atoms with Gasteiger partial charge in [0.2, 0.25) is 0 Å². The van der Waals surface area contributed by atoms with E-state index in [0.29, 0.717) is 12.1 Å². The van der Waals surface area contributed by atoms with Gasteiger partial charge in [0.05, 0.1) is 0 Å². The minimum Gasteiger partial charge on any atom is -0.0937 e. The second-order valence-corrected chi connectivity index (χ2v) is 3.39. The molecule has 54 valence electrons. The quantitative estimate of drug-likeness (QED) is 0.571. The Labute approximate surface area is 58.5 Å². The van der Waals surface area contributed by atoms with Crippen molar-refractivity contribution in [2.75, 3.05) is 0 Å². The van der Waals surface area contributed by atoms with Gasteiger partial charge in [-0.3, -0.25) is 0 Å². The second kappa shape index (κ2) is 3.97. The van der Waals surface area contributed by atoms with Gasteiger partial charge in [-0.1, -0.05) is 9.24 Å². The summed E-state index contributed by atoms with van der Waals surface area (Å²) in [6.07, 6.45) is 0. The van der Waals surface area contributed by atoms with Crippen LogP contribution in [0.2, 0.25) is 0 Å². The summed E-state index contributed by atoms with van der Waals surface area (Å²) in [4.78, 5) is 0. The van der Waals surface area contributed by atoms with E-state index < -0.39 is 0 Å². The summed E-state index contributed by atoms with van der Waals surface area (Å²) in [5.41, 5.74) is 0. The molecule has 0 aliphatic heterocycles. The minimum atomic E-state index is -0.307. The first kappa shape index (κ1) is 9.06. The Hall–Kier alpha value is 0.0600. The molecule has 0 aromatic heterocycles. The Balaban J connectivity index is 3.82. The van der Waals surface area contributed by atoms with Gasteiger partial charge in [-0.05, 0) is 27.7 Å². The average molecular weight is 148 g/mol. The van der Waals surface area contributed by atoms with Gasteiger partial charge in [-0.25, -0.2) is 0 Å². The van der Waals surface area contributed by atoms with Crippen LogP contribution in [-0.4, -0.2) is 16.8 Å². The summed E-state index contributed by atoms with van der Waals surface area (Å²) < 4.78 is 12.4. The zero-order valence-electron chi connectivity index (χ0n) is 6.51. The molecule has 9 heavy (non-hydrogen) atoms. The van der Waals surface area contributed by atoms with Crippen LogP contribution >= 0.6 is 8.61 Å². The third-order valence-electron chi connectivity index (χ3n) is 1.22. The molecule has 0 aromatic rings. The molecule has 0 aliphatic rings. The summed E-state index contributed by atoms with van der Waals surface area (Å²) in [6.45, 7) is 8.19. The Kier molecular flexibility index (Phi) is 4.00. The maximum atomic E-state index is 10.5. The van der Waals surface area contributed by atoms with Gasteiger partial charge in [0, 0.05) is 12.1 Å². The van der Waals surface area contributed by atoms with Crippen LogP contribution in [0.15, 0.2) is 0 Å². The third kappa shape index (κ3) is 2.92. The minimum absolute atomic E-state index is 0.307. The molecule has 0 N–H and O–H groups in total. The van der Waals surface area contributed by atoms with E-state index in [9.17, 15) is 4.57 Å². The zero-order chi connectivity index (χ0) is 7.44. The summed E-state index contributed by atoms with van der Waals surface area (Å²) in [5.74, 6) is 0. The van der Waals surface area contributed by atoms with E-state index in [2.05, 4.69) is 0 Å². The molecule has 0 bridgehead atoms. The lowest BCUT2D eigenvalue weighted by Gasteiger charge is -2.14. The van der Waals surface area contributed by atoms with Gasteiger partial charge >= 0.3 is 8.61 Å². The molecule has 0 amide bonds. The summed E-state index contributed by atoms with van der Waals surface area (Å²) in [6, 6.07) is 0.779. The predicted octanol–water partition coefficient (Wildman–Crippen LogP) is 2.04. The van der Waals surface area contributed by atoms with Gasteiger partial charge < -0.3 is 0 Å². The molecule has 1 atom stereocenters. The molecule has 0 rings (SSSR count). The van der Waals surface area contributed by atoms with E-state index in [4.69, 9.17) is 0 Å². The Morgan fingerprint density at radius 3 is 1.44 bits per heavy atom. The van der Waals surface area contributed by atoms with E-state index >= 15 is 0 Å². The Morgan fingerprint density at radius 1 is 1.11 bits per heavy atom. The van der Waals surface area contributed by atoms with Crippen LogP contribution in [0.5, 0.6) is 0 Å². The van der Waals surface area contributed by atoms with Gasteiger partial charge in [-0.15, -0.1) is 0 Å². The van der Waals surface area contributed by atoms with Crippen molar-refractivity contribution in [1.29, 1.82) is 0 Å². The lowest BCUT2D eigenvalue weighted by Crippen LogP contribution is -2.27. The van der Waals surface area contributed by atoms with Crippen molar-refractivity contribution in [1.82, 2.24) is 4.67 Å². The van der Waals surface area contributed by atoms with Crippen molar-refractivity contribution in [3.05, 3.63) is 0 Å². The van der Waals surface area contributed by atoms with E-state index in [1.165, 1.54) is 0 Å². The first-order valence-corrected chi connectivity index (χ1v) is 4.11. The predicted molar refractivity (Wildman–Crippen MR) is 41.1 cm³/mol. The summed E-state index contributed by atoms with van der Waals surface area (Å²) in [7, 11) is -0.307. The van der Waals surface area contributed by atoms with Crippen LogP contribution in [0.3, 0.4) is 0 Å². The summed E-state index contributed by atoms with van der Waals surface area (Å²) in [5, 5.41) is 0. The first-order chi connectivity index (χ1) is 4.09. The molecule has 1 unspecified atom stereocenters.